The van der Waals surface area contributed by atoms with Crippen molar-refractivity contribution in [1.29, 1.82) is 0 Å². The summed E-state index contributed by atoms with van der Waals surface area (Å²) in [6, 6.07) is 14.1. The molecule has 1 N–H and O–H groups in total. The molecule has 1 aromatic heterocycles. The van der Waals surface area contributed by atoms with Gasteiger partial charge in [-0.05, 0) is 44.0 Å². The van der Waals surface area contributed by atoms with Crippen molar-refractivity contribution in [2.24, 2.45) is 0 Å². The lowest BCUT2D eigenvalue weighted by Gasteiger charge is -2.18. The van der Waals surface area contributed by atoms with Gasteiger partial charge in [0, 0.05) is 49.9 Å². The monoisotopic (exact) mass is 480 g/mol. The number of nitrogens with zero attached hydrogens (tertiary/aromatic N) is 3. The summed E-state index contributed by atoms with van der Waals surface area (Å²) >= 11 is 0. The molecule has 0 spiro atoms. The first-order valence-corrected chi connectivity index (χ1v) is 12.5. The van der Waals surface area contributed by atoms with Crippen molar-refractivity contribution < 1.29 is 18.0 Å². The van der Waals surface area contributed by atoms with Crippen LogP contribution in [-0.4, -0.2) is 60.6 Å². The number of fused-ring (bicyclic) bond motifs is 1. The van der Waals surface area contributed by atoms with Gasteiger partial charge in [-0.2, -0.15) is 12.7 Å². The highest BCUT2D eigenvalue weighted by Crippen LogP contribution is 2.26. The summed E-state index contributed by atoms with van der Waals surface area (Å²) in [4.78, 5) is 28.0. The second-order valence-electron chi connectivity index (χ2n) is 8.57. The highest BCUT2D eigenvalue weighted by molar-refractivity contribution is 7.87. The molecule has 1 saturated heterocycles. The Bertz CT molecular complexity index is 1370. The minimum atomic E-state index is -3.79. The van der Waals surface area contributed by atoms with E-state index in [-0.39, 0.29) is 11.6 Å². The Morgan fingerprint density at radius 3 is 2.29 bits per heavy atom. The van der Waals surface area contributed by atoms with E-state index in [2.05, 4.69) is 5.32 Å². The molecule has 1 fully saturated rings. The Hall–Kier alpha value is -3.43. The molecule has 2 amide bonds. The van der Waals surface area contributed by atoms with E-state index >= 15 is 0 Å². The number of hydrogen-bond donors (Lipinski definition) is 1. The molecule has 0 radical (unpaired) electrons. The molecule has 2 heterocycles. The van der Waals surface area contributed by atoms with Crippen molar-refractivity contribution in [2.45, 2.75) is 19.8 Å². The summed E-state index contributed by atoms with van der Waals surface area (Å²) in [5.41, 5.74) is 2.57. The number of likely N-dealkylation sites (tertiary alicyclic amines) is 1. The van der Waals surface area contributed by atoms with E-state index in [0.29, 0.717) is 35.1 Å². The Balaban J connectivity index is 1.80. The average molecular weight is 481 g/mol. The van der Waals surface area contributed by atoms with Gasteiger partial charge in [-0.15, -0.1) is 0 Å². The fourth-order valence-corrected chi connectivity index (χ4v) is 4.96. The van der Waals surface area contributed by atoms with E-state index in [4.69, 9.17) is 0 Å². The molecule has 34 heavy (non-hydrogen) atoms. The lowest BCUT2D eigenvalue weighted by atomic mass is 10.1. The van der Waals surface area contributed by atoms with Crippen molar-refractivity contribution in [1.82, 2.24) is 18.5 Å². The predicted octanol–water partition coefficient (Wildman–Crippen LogP) is 3.00. The summed E-state index contributed by atoms with van der Waals surface area (Å²) < 4.78 is 28.1. The molecule has 0 atom stereocenters. The third-order valence-electron chi connectivity index (χ3n) is 5.90. The van der Waals surface area contributed by atoms with Crippen molar-refractivity contribution in [2.75, 3.05) is 27.2 Å². The molecule has 4 rings (SSSR count). The Labute approximate surface area is 199 Å². The standard InChI is InChI=1S/C25H28N4O4S/c1-18-10-12-19(13-11-18)24(30)26-22(25(31)28-14-6-7-15-28)16-20-17-29(34(32,33)27(2)3)23-9-5-4-8-21(20)23/h4-5,8-13,16-17H,6-7,14-15H2,1-3H3,(H,26,30)/b22-16-. The fraction of sp³-hybridized carbons (Fsp3) is 0.280. The molecule has 1 aliphatic heterocycles. The lowest BCUT2D eigenvalue weighted by Crippen LogP contribution is -2.36. The van der Waals surface area contributed by atoms with Crippen LogP contribution >= 0.6 is 0 Å². The summed E-state index contributed by atoms with van der Waals surface area (Å²) in [5.74, 6) is -0.686. The van der Waals surface area contributed by atoms with Crippen LogP contribution in [0.2, 0.25) is 0 Å². The first-order chi connectivity index (χ1) is 16.2. The quantitative estimate of drug-likeness (QED) is 0.549. The van der Waals surface area contributed by atoms with Gasteiger partial charge in [-0.25, -0.2) is 3.97 Å². The first kappa shape index (κ1) is 23.7. The van der Waals surface area contributed by atoms with Gasteiger partial charge in [0.1, 0.15) is 5.70 Å². The van der Waals surface area contributed by atoms with Gasteiger partial charge in [0.15, 0.2) is 0 Å². The van der Waals surface area contributed by atoms with Crippen LogP contribution in [0.25, 0.3) is 17.0 Å². The van der Waals surface area contributed by atoms with E-state index in [1.807, 2.05) is 19.1 Å². The van der Waals surface area contributed by atoms with Gasteiger partial charge >= 0.3 is 10.2 Å². The molecular weight excluding hydrogens is 452 g/mol. The van der Waals surface area contributed by atoms with Crippen LogP contribution < -0.4 is 5.32 Å². The second kappa shape index (κ2) is 9.44. The van der Waals surface area contributed by atoms with Gasteiger partial charge in [-0.1, -0.05) is 35.9 Å². The molecule has 9 heteroatoms. The summed E-state index contributed by atoms with van der Waals surface area (Å²) in [6.07, 6.45) is 4.86. The number of para-hydroxylation sites is 1. The highest BCUT2D eigenvalue weighted by atomic mass is 32.2. The number of nitrogens with one attached hydrogen (secondary N) is 1. The Morgan fingerprint density at radius 1 is 1.00 bits per heavy atom. The molecule has 178 valence electrons. The molecule has 0 aliphatic carbocycles. The third-order valence-corrected chi connectivity index (χ3v) is 7.63. The maximum Gasteiger partial charge on any atom is 0.307 e. The smallest absolute Gasteiger partial charge is 0.307 e. The normalized spacial score (nSPS) is 14.7. The zero-order chi connectivity index (χ0) is 24.5. The molecule has 0 saturated carbocycles. The maximum absolute atomic E-state index is 13.3. The summed E-state index contributed by atoms with van der Waals surface area (Å²) in [5, 5.41) is 3.43. The zero-order valence-corrected chi connectivity index (χ0v) is 20.3. The van der Waals surface area contributed by atoms with Gasteiger partial charge in [0.05, 0.1) is 5.52 Å². The van der Waals surface area contributed by atoms with Gasteiger partial charge in [0.25, 0.3) is 11.8 Å². The molecule has 8 nitrogen and oxygen atoms in total. The number of hydrogen-bond acceptors (Lipinski definition) is 4. The molecule has 1 aliphatic rings. The van der Waals surface area contributed by atoms with E-state index in [1.54, 1.807) is 47.4 Å². The van der Waals surface area contributed by atoms with Gasteiger partial charge in [-0.3, -0.25) is 9.59 Å². The van der Waals surface area contributed by atoms with Crippen LogP contribution in [0.4, 0.5) is 0 Å². The highest BCUT2D eigenvalue weighted by Gasteiger charge is 2.25. The van der Waals surface area contributed by atoms with Crippen LogP contribution in [0.1, 0.15) is 34.3 Å². The number of carbonyl (C=O) groups is 2. The van der Waals surface area contributed by atoms with E-state index in [9.17, 15) is 18.0 Å². The maximum atomic E-state index is 13.3. The minimum absolute atomic E-state index is 0.109. The first-order valence-electron chi connectivity index (χ1n) is 11.1. The predicted molar refractivity (Wildman–Crippen MR) is 132 cm³/mol. The topological polar surface area (TPSA) is 91.7 Å². The third kappa shape index (κ3) is 4.62. The van der Waals surface area contributed by atoms with Gasteiger partial charge < -0.3 is 10.2 Å². The van der Waals surface area contributed by atoms with Gasteiger partial charge in [0.2, 0.25) is 0 Å². The number of aromatic nitrogens is 1. The zero-order valence-electron chi connectivity index (χ0n) is 19.5. The molecular formula is C25H28N4O4S. The molecule has 3 aromatic rings. The lowest BCUT2D eigenvalue weighted by molar-refractivity contribution is -0.126. The molecule has 2 aromatic carbocycles. The van der Waals surface area contributed by atoms with Crippen LogP contribution in [-0.2, 0) is 15.0 Å². The largest absolute Gasteiger partial charge is 0.337 e. The van der Waals surface area contributed by atoms with E-state index in [0.717, 1.165) is 22.7 Å². The summed E-state index contributed by atoms with van der Waals surface area (Å²) in [7, 11) is -0.862. The van der Waals surface area contributed by atoms with Crippen LogP contribution in [0.3, 0.4) is 0 Å². The number of carbonyl (C=O) groups excluding carboxylic acids is 2. The van der Waals surface area contributed by atoms with Crippen LogP contribution in [0.5, 0.6) is 0 Å². The fourth-order valence-electron chi connectivity index (χ4n) is 3.95. The van der Waals surface area contributed by atoms with Crippen molar-refractivity contribution in [3.63, 3.8) is 0 Å². The second-order valence-corrected chi connectivity index (χ2v) is 10.6. The minimum Gasteiger partial charge on any atom is -0.337 e. The average Bonchev–Trinajstić information content (AvgIpc) is 3.47. The van der Waals surface area contributed by atoms with E-state index < -0.39 is 16.1 Å². The molecule has 0 unspecified atom stereocenters. The number of amides is 2. The van der Waals surface area contributed by atoms with Crippen LogP contribution in [0, 0.1) is 6.92 Å². The number of benzene rings is 2. The molecule has 0 bridgehead atoms. The number of rotatable bonds is 6. The number of aryl methyl sites for hydroxylation is 1. The van der Waals surface area contributed by atoms with Crippen molar-refractivity contribution in [3.8, 4) is 0 Å². The van der Waals surface area contributed by atoms with Crippen molar-refractivity contribution >= 4 is 39.0 Å². The Kier molecular flexibility index (Phi) is 6.58. The van der Waals surface area contributed by atoms with E-state index in [1.165, 1.54) is 24.3 Å². The SMILES string of the molecule is Cc1ccc(C(=O)N/C(=C\c2cn(S(=O)(=O)N(C)C)c3ccccc23)C(=O)N2CCCC2)cc1. The van der Waals surface area contributed by atoms with Crippen LogP contribution in [0.15, 0.2) is 60.4 Å². The Morgan fingerprint density at radius 2 is 1.65 bits per heavy atom. The van der Waals surface area contributed by atoms with Crippen molar-refractivity contribution in [3.05, 3.63) is 77.1 Å². The summed E-state index contributed by atoms with van der Waals surface area (Å²) in [6.45, 7) is 3.17.